The van der Waals surface area contributed by atoms with Gasteiger partial charge in [0.2, 0.25) is 11.8 Å². The Labute approximate surface area is 228 Å². The maximum Gasteiger partial charge on any atom is 0.415 e. The molecule has 2 heterocycles. The fourth-order valence-corrected chi connectivity index (χ4v) is 4.77. The van der Waals surface area contributed by atoms with Gasteiger partial charge in [0.1, 0.15) is 17.8 Å². The molecule has 208 valence electrons. The Balaban J connectivity index is 1.38. The molecule has 2 aliphatic rings. The minimum atomic E-state index is -0.925. The zero-order valence-corrected chi connectivity index (χ0v) is 22.5. The third-order valence-corrected chi connectivity index (χ3v) is 7.04. The van der Waals surface area contributed by atoms with Crippen molar-refractivity contribution in [2.24, 2.45) is 0 Å². The van der Waals surface area contributed by atoms with Gasteiger partial charge in [-0.1, -0.05) is 42.5 Å². The molecule has 39 heavy (non-hydrogen) atoms. The van der Waals surface area contributed by atoms with Crippen molar-refractivity contribution in [1.29, 1.82) is 0 Å². The Morgan fingerprint density at radius 3 is 2.33 bits per heavy atom. The molecule has 0 radical (unpaired) electrons. The first kappa shape index (κ1) is 28.1. The lowest BCUT2D eigenvalue weighted by molar-refractivity contribution is -0.148. The number of hydrogen-bond acceptors (Lipinski definition) is 7. The van der Waals surface area contributed by atoms with Crippen LogP contribution in [0.15, 0.2) is 54.6 Å². The second-order valence-corrected chi connectivity index (χ2v) is 9.88. The van der Waals surface area contributed by atoms with E-state index in [2.05, 4.69) is 10.2 Å². The summed E-state index contributed by atoms with van der Waals surface area (Å²) in [5.41, 5.74) is 1.69. The summed E-state index contributed by atoms with van der Waals surface area (Å²) in [6.07, 6.45) is 0.471. The number of likely N-dealkylation sites (tertiary alicyclic amines) is 1. The van der Waals surface area contributed by atoms with Gasteiger partial charge in [-0.25, -0.2) is 9.59 Å². The third-order valence-electron chi connectivity index (χ3n) is 7.04. The molecule has 4 rings (SSSR count). The molecular formula is C29H36N4O6. The maximum atomic E-state index is 13.3. The smallest absolute Gasteiger partial charge is 0.415 e. The van der Waals surface area contributed by atoms with E-state index >= 15 is 0 Å². The van der Waals surface area contributed by atoms with E-state index < -0.39 is 24.1 Å². The molecule has 2 aliphatic heterocycles. The molecule has 2 aromatic carbocycles. The molecule has 0 aromatic heterocycles. The molecule has 0 bridgehead atoms. The highest BCUT2D eigenvalue weighted by atomic mass is 16.6. The van der Waals surface area contributed by atoms with Crippen LogP contribution in [-0.4, -0.2) is 90.5 Å². The summed E-state index contributed by atoms with van der Waals surface area (Å²) in [5.74, 6) is -0.614. The van der Waals surface area contributed by atoms with E-state index in [-0.39, 0.29) is 31.3 Å². The van der Waals surface area contributed by atoms with Crippen molar-refractivity contribution in [3.8, 4) is 5.75 Å². The van der Waals surface area contributed by atoms with Gasteiger partial charge in [-0.3, -0.25) is 9.59 Å². The van der Waals surface area contributed by atoms with Crippen LogP contribution in [0.4, 0.5) is 4.79 Å². The maximum absolute atomic E-state index is 13.3. The molecule has 0 unspecified atom stereocenters. The van der Waals surface area contributed by atoms with Crippen molar-refractivity contribution in [2.45, 2.75) is 44.8 Å². The molecular weight excluding hydrogens is 500 g/mol. The van der Waals surface area contributed by atoms with E-state index in [1.54, 1.807) is 41.0 Å². The fourth-order valence-electron chi connectivity index (χ4n) is 4.77. The molecule has 0 saturated carbocycles. The number of nitrogens with one attached hydrogen (secondary N) is 1. The van der Waals surface area contributed by atoms with Crippen LogP contribution in [0.25, 0.3) is 0 Å². The number of esters is 1. The predicted molar refractivity (Wildman–Crippen MR) is 144 cm³/mol. The van der Waals surface area contributed by atoms with Crippen LogP contribution < -0.4 is 10.1 Å². The van der Waals surface area contributed by atoms with Gasteiger partial charge in [-0.2, -0.15) is 0 Å². The standard InChI is InChI=1S/C29H36N4O6/c1-3-38-28(36)24(30-27(35)25-13-14-26(34)33(25)20-22-7-5-4-6-8-22)19-21-9-11-23(12-10-21)39-29(37)32-17-15-31(2)16-18-32/h4-12,24-25H,3,13-20H2,1-2H3,(H,30,35)/t24-,25-/m0/s1. The van der Waals surface area contributed by atoms with E-state index in [4.69, 9.17) is 9.47 Å². The first-order valence-corrected chi connectivity index (χ1v) is 13.4. The van der Waals surface area contributed by atoms with E-state index in [1.165, 1.54) is 0 Å². The van der Waals surface area contributed by atoms with E-state index in [0.29, 0.717) is 31.8 Å². The second kappa shape index (κ2) is 13.2. The number of amides is 3. The van der Waals surface area contributed by atoms with E-state index in [9.17, 15) is 19.2 Å². The summed E-state index contributed by atoms with van der Waals surface area (Å²) in [5, 5.41) is 2.82. The third kappa shape index (κ3) is 7.57. The highest BCUT2D eigenvalue weighted by Gasteiger charge is 2.37. The quantitative estimate of drug-likeness (QED) is 0.490. The molecule has 0 aliphatic carbocycles. The van der Waals surface area contributed by atoms with Crippen molar-refractivity contribution in [1.82, 2.24) is 20.0 Å². The highest BCUT2D eigenvalue weighted by Crippen LogP contribution is 2.22. The van der Waals surface area contributed by atoms with Crippen LogP contribution in [0.5, 0.6) is 5.75 Å². The zero-order valence-electron chi connectivity index (χ0n) is 22.5. The lowest BCUT2D eigenvalue weighted by atomic mass is 10.0. The van der Waals surface area contributed by atoms with Gasteiger partial charge in [-0.05, 0) is 43.7 Å². The van der Waals surface area contributed by atoms with Crippen LogP contribution in [-0.2, 0) is 32.1 Å². The monoisotopic (exact) mass is 536 g/mol. The van der Waals surface area contributed by atoms with E-state index in [1.807, 2.05) is 37.4 Å². The van der Waals surface area contributed by atoms with Crippen LogP contribution in [0, 0.1) is 0 Å². The molecule has 10 heteroatoms. The SMILES string of the molecule is CCOC(=O)[C@H](Cc1ccc(OC(=O)N2CCN(C)CC2)cc1)NC(=O)[C@@H]1CCC(=O)N1Cc1ccccc1. The largest absolute Gasteiger partial charge is 0.464 e. The number of carbonyl (C=O) groups is 4. The Kier molecular flexibility index (Phi) is 9.54. The molecule has 2 fully saturated rings. The van der Waals surface area contributed by atoms with Gasteiger partial charge < -0.3 is 29.5 Å². The average Bonchev–Trinajstić information content (AvgIpc) is 3.30. The minimum Gasteiger partial charge on any atom is -0.464 e. The summed E-state index contributed by atoms with van der Waals surface area (Å²) in [7, 11) is 2.02. The van der Waals surface area contributed by atoms with E-state index in [0.717, 1.165) is 24.2 Å². The van der Waals surface area contributed by atoms with Crippen LogP contribution in [0.3, 0.4) is 0 Å². The van der Waals surface area contributed by atoms with Gasteiger partial charge in [0.05, 0.1) is 6.61 Å². The number of benzene rings is 2. The van der Waals surface area contributed by atoms with Crippen LogP contribution in [0.1, 0.15) is 30.9 Å². The van der Waals surface area contributed by atoms with Crippen LogP contribution in [0.2, 0.25) is 0 Å². The van der Waals surface area contributed by atoms with Crippen molar-refractivity contribution in [2.75, 3.05) is 39.8 Å². The highest BCUT2D eigenvalue weighted by molar-refractivity contribution is 5.93. The summed E-state index contributed by atoms with van der Waals surface area (Å²) < 4.78 is 10.7. The number of rotatable bonds is 9. The van der Waals surface area contributed by atoms with Gasteiger partial charge >= 0.3 is 12.1 Å². The summed E-state index contributed by atoms with van der Waals surface area (Å²) >= 11 is 0. The molecule has 2 aromatic rings. The minimum absolute atomic E-state index is 0.0894. The number of nitrogens with zero attached hydrogens (tertiary/aromatic N) is 3. The van der Waals surface area contributed by atoms with Crippen molar-refractivity contribution >= 4 is 23.9 Å². The first-order valence-electron chi connectivity index (χ1n) is 13.4. The van der Waals surface area contributed by atoms with Gasteiger partial charge in [0, 0.05) is 45.6 Å². The molecule has 3 amide bonds. The molecule has 0 spiro atoms. The van der Waals surface area contributed by atoms with Crippen molar-refractivity contribution in [3.05, 3.63) is 65.7 Å². The molecule has 2 atom stereocenters. The summed E-state index contributed by atoms with van der Waals surface area (Å²) in [6, 6.07) is 14.8. The molecule has 10 nitrogen and oxygen atoms in total. The van der Waals surface area contributed by atoms with Crippen molar-refractivity contribution in [3.63, 3.8) is 0 Å². The van der Waals surface area contributed by atoms with Gasteiger partial charge in [-0.15, -0.1) is 0 Å². The second-order valence-electron chi connectivity index (χ2n) is 9.88. The zero-order chi connectivity index (χ0) is 27.8. The number of ether oxygens (including phenoxy) is 2. The predicted octanol–water partition coefficient (Wildman–Crippen LogP) is 2.21. The number of piperazine rings is 1. The fraction of sp³-hybridized carbons (Fsp3) is 0.448. The number of hydrogen-bond donors (Lipinski definition) is 1. The van der Waals surface area contributed by atoms with Crippen molar-refractivity contribution < 1.29 is 28.7 Å². The average molecular weight is 537 g/mol. The lowest BCUT2D eigenvalue weighted by Gasteiger charge is -2.31. The topological polar surface area (TPSA) is 108 Å². The Hall–Kier alpha value is -3.92. The van der Waals surface area contributed by atoms with Crippen LogP contribution >= 0.6 is 0 Å². The Morgan fingerprint density at radius 2 is 1.67 bits per heavy atom. The normalized spacial score (nSPS) is 18.5. The van der Waals surface area contributed by atoms with Gasteiger partial charge in [0.15, 0.2) is 0 Å². The summed E-state index contributed by atoms with van der Waals surface area (Å²) in [6.45, 7) is 5.04. The number of likely N-dealkylation sites (N-methyl/N-ethyl adjacent to an activating group) is 1. The number of carbonyl (C=O) groups excluding carboxylic acids is 4. The van der Waals surface area contributed by atoms with Gasteiger partial charge in [0.25, 0.3) is 0 Å². The molecule has 1 N–H and O–H groups in total. The Bertz CT molecular complexity index is 1150. The lowest BCUT2D eigenvalue weighted by Crippen LogP contribution is -2.51. The Morgan fingerprint density at radius 1 is 0.974 bits per heavy atom. The first-order chi connectivity index (χ1) is 18.8. The molecule has 2 saturated heterocycles. The summed E-state index contributed by atoms with van der Waals surface area (Å²) in [4.78, 5) is 56.4.